The second kappa shape index (κ2) is 8.63. The Bertz CT molecular complexity index is 294. The number of carbonyl (C=O) groups is 2. The summed E-state index contributed by atoms with van der Waals surface area (Å²) in [7, 11) is 0. The summed E-state index contributed by atoms with van der Waals surface area (Å²) in [6, 6.07) is 0. The van der Waals surface area contributed by atoms with Crippen molar-refractivity contribution in [2.75, 3.05) is 13.1 Å². The molecule has 96 valence electrons. The number of unbranched alkanes of at least 4 members (excludes halogenated alkanes) is 2. The van der Waals surface area contributed by atoms with Gasteiger partial charge in [0.25, 0.3) is 0 Å². The van der Waals surface area contributed by atoms with Crippen molar-refractivity contribution in [3.8, 4) is 12.3 Å². The molecule has 0 aromatic carbocycles. The van der Waals surface area contributed by atoms with Gasteiger partial charge in [0, 0.05) is 25.9 Å². The standard InChI is InChI=1S/C13H21NO3/c1-4-6-7-8-9-12(15)14(5-2)10-11(3)13(16)17/h1,11H,5-10H2,2-3H3,(H,16,17). The molecule has 0 bridgehead atoms. The third-order valence-electron chi connectivity index (χ3n) is 2.61. The zero-order chi connectivity index (χ0) is 13.3. The van der Waals surface area contributed by atoms with Crippen molar-refractivity contribution in [2.45, 2.75) is 39.5 Å². The monoisotopic (exact) mass is 239 g/mol. The van der Waals surface area contributed by atoms with Crippen LogP contribution in [0.1, 0.15) is 39.5 Å². The second-order valence-corrected chi connectivity index (χ2v) is 4.08. The van der Waals surface area contributed by atoms with Gasteiger partial charge in [0.1, 0.15) is 0 Å². The van der Waals surface area contributed by atoms with Gasteiger partial charge < -0.3 is 10.0 Å². The molecule has 17 heavy (non-hydrogen) atoms. The summed E-state index contributed by atoms with van der Waals surface area (Å²) in [6.45, 7) is 4.29. The molecule has 0 aliphatic heterocycles. The summed E-state index contributed by atoms with van der Waals surface area (Å²) in [6.07, 6.45) is 7.86. The molecule has 0 aromatic rings. The molecule has 0 saturated carbocycles. The molecule has 0 aliphatic rings. The van der Waals surface area contributed by atoms with E-state index < -0.39 is 11.9 Å². The molecule has 1 N–H and O–H groups in total. The van der Waals surface area contributed by atoms with E-state index in [0.29, 0.717) is 19.4 Å². The fraction of sp³-hybridized carbons (Fsp3) is 0.692. The van der Waals surface area contributed by atoms with Crippen LogP contribution in [-0.2, 0) is 9.59 Å². The Morgan fingerprint density at radius 3 is 2.53 bits per heavy atom. The largest absolute Gasteiger partial charge is 0.481 e. The Morgan fingerprint density at radius 1 is 1.41 bits per heavy atom. The highest BCUT2D eigenvalue weighted by molar-refractivity contribution is 5.77. The number of carboxylic acid groups (broad SMARTS) is 1. The lowest BCUT2D eigenvalue weighted by Crippen LogP contribution is -2.36. The number of terminal acetylenes is 1. The van der Waals surface area contributed by atoms with Crippen LogP contribution in [-0.4, -0.2) is 35.0 Å². The molecule has 1 unspecified atom stereocenters. The van der Waals surface area contributed by atoms with Gasteiger partial charge >= 0.3 is 5.97 Å². The number of rotatable bonds is 8. The minimum atomic E-state index is -0.872. The normalized spacial score (nSPS) is 11.6. The smallest absolute Gasteiger partial charge is 0.308 e. The lowest BCUT2D eigenvalue weighted by atomic mass is 10.1. The number of aliphatic carboxylic acids is 1. The van der Waals surface area contributed by atoms with Gasteiger partial charge in [0.15, 0.2) is 0 Å². The van der Waals surface area contributed by atoms with Crippen LogP contribution in [0.3, 0.4) is 0 Å². The first-order chi connectivity index (χ1) is 8.02. The number of carbonyl (C=O) groups excluding carboxylic acids is 1. The SMILES string of the molecule is C#CCCCCC(=O)N(CC)CC(C)C(=O)O. The van der Waals surface area contributed by atoms with E-state index in [1.54, 1.807) is 11.8 Å². The number of nitrogens with zero attached hydrogens (tertiary/aromatic N) is 1. The molecule has 1 amide bonds. The molecule has 0 fully saturated rings. The number of hydrogen-bond donors (Lipinski definition) is 1. The molecule has 1 atom stereocenters. The van der Waals surface area contributed by atoms with Gasteiger partial charge in [-0.25, -0.2) is 0 Å². The van der Waals surface area contributed by atoms with Crippen LogP contribution in [0.4, 0.5) is 0 Å². The topological polar surface area (TPSA) is 57.6 Å². The van der Waals surface area contributed by atoms with Gasteiger partial charge in [-0.05, 0) is 19.8 Å². The fourth-order valence-corrected chi connectivity index (χ4v) is 1.48. The predicted molar refractivity (Wildman–Crippen MR) is 66.4 cm³/mol. The quantitative estimate of drug-likeness (QED) is 0.518. The zero-order valence-corrected chi connectivity index (χ0v) is 10.6. The predicted octanol–water partition coefficient (Wildman–Crippen LogP) is 1.75. The molecular weight excluding hydrogens is 218 g/mol. The van der Waals surface area contributed by atoms with Crippen molar-refractivity contribution in [2.24, 2.45) is 5.92 Å². The maximum absolute atomic E-state index is 11.8. The van der Waals surface area contributed by atoms with Crippen LogP contribution in [0.5, 0.6) is 0 Å². The Hall–Kier alpha value is -1.50. The first-order valence-electron chi connectivity index (χ1n) is 5.97. The van der Waals surface area contributed by atoms with Gasteiger partial charge in [-0.3, -0.25) is 9.59 Å². The van der Waals surface area contributed by atoms with Crippen LogP contribution in [0.25, 0.3) is 0 Å². The lowest BCUT2D eigenvalue weighted by molar-refractivity contribution is -0.143. The third kappa shape index (κ3) is 6.62. The summed E-state index contributed by atoms with van der Waals surface area (Å²) in [5, 5.41) is 8.79. The van der Waals surface area contributed by atoms with E-state index in [1.807, 2.05) is 6.92 Å². The summed E-state index contributed by atoms with van der Waals surface area (Å²) in [4.78, 5) is 24.1. The minimum absolute atomic E-state index is 0.0117. The van der Waals surface area contributed by atoms with Gasteiger partial charge in [-0.15, -0.1) is 12.3 Å². The maximum Gasteiger partial charge on any atom is 0.308 e. The molecule has 0 spiro atoms. The zero-order valence-electron chi connectivity index (χ0n) is 10.6. The van der Waals surface area contributed by atoms with Crippen molar-refractivity contribution >= 4 is 11.9 Å². The lowest BCUT2D eigenvalue weighted by Gasteiger charge is -2.22. The first-order valence-corrected chi connectivity index (χ1v) is 5.97. The van der Waals surface area contributed by atoms with Crippen molar-refractivity contribution in [3.63, 3.8) is 0 Å². The van der Waals surface area contributed by atoms with Crippen LogP contribution in [0.15, 0.2) is 0 Å². The van der Waals surface area contributed by atoms with Crippen molar-refractivity contribution < 1.29 is 14.7 Å². The molecule has 0 rings (SSSR count). The second-order valence-electron chi connectivity index (χ2n) is 4.08. The Balaban J connectivity index is 4.04. The highest BCUT2D eigenvalue weighted by Gasteiger charge is 2.18. The molecule has 0 aliphatic carbocycles. The van der Waals surface area contributed by atoms with E-state index in [1.165, 1.54) is 0 Å². The van der Waals surface area contributed by atoms with Crippen molar-refractivity contribution in [1.29, 1.82) is 0 Å². The Kier molecular flexibility index (Phi) is 7.87. The van der Waals surface area contributed by atoms with E-state index in [2.05, 4.69) is 5.92 Å². The summed E-state index contributed by atoms with van der Waals surface area (Å²) < 4.78 is 0. The fourth-order valence-electron chi connectivity index (χ4n) is 1.48. The number of carboxylic acids is 1. The first kappa shape index (κ1) is 15.5. The highest BCUT2D eigenvalue weighted by atomic mass is 16.4. The van der Waals surface area contributed by atoms with Crippen LogP contribution < -0.4 is 0 Å². The van der Waals surface area contributed by atoms with E-state index in [-0.39, 0.29) is 12.5 Å². The van der Waals surface area contributed by atoms with Gasteiger partial charge in [0.2, 0.25) is 5.91 Å². The highest BCUT2D eigenvalue weighted by Crippen LogP contribution is 2.06. The molecule has 4 nitrogen and oxygen atoms in total. The molecule has 0 aromatic heterocycles. The van der Waals surface area contributed by atoms with E-state index in [9.17, 15) is 9.59 Å². The molecular formula is C13H21NO3. The van der Waals surface area contributed by atoms with Crippen LogP contribution in [0, 0.1) is 18.3 Å². The molecule has 0 heterocycles. The van der Waals surface area contributed by atoms with E-state index >= 15 is 0 Å². The van der Waals surface area contributed by atoms with Gasteiger partial charge in [0.05, 0.1) is 5.92 Å². The average Bonchev–Trinajstić information content (AvgIpc) is 2.30. The van der Waals surface area contributed by atoms with Gasteiger partial charge in [-0.1, -0.05) is 6.92 Å². The van der Waals surface area contributed by atoms with Crippen molar-refractivity contribution in [3.05, 3.63) is 0 Å². The molecule has 0 radical (unpaired) electrons. The number of hydrogen-bond acceptors (Lipinski definition) is 2. The van der Waals surface area contributed by atoms with E-state index in [0.717, 1.165) is 12.8 Å². The summed E-state index contributed by atoms with van der Waals surface area (Å²) in [5.74, 6) is 1.15. The Labute approximate surface area is 103 Å². The third-order valence-corrected chi connectivity index (χ3v) is 2.61. The van der Waals surface area contributed by atoms with Gasteiger partial charge in [-0.2, -0.15) is 0 Å². The van der Waals surface area contributed by atoms with Crippen LogP contribution >= 0.6 is 0 Å². The maximum atomic E-state index is 11.8. The summed E-state index contributed by atoms with van der Waals surface area (Å²) in [5.41, 5.74) is 0. The minimum Gasteiger partial charge on any atom is -0.481 e. The van der Waals surface area contributed by atoms with Crippen LogP contribution in [0.2, 0.25) is 0 Å². The average molecular weight is 239 g/mol. The number of amides is 1. The summed E-state index contributed by atoms with van der Waals surface area (Å²) >= 11 is 0. The molecule has 0 saturated heterocycles. The van der Waals surface area contributed by atoms with Crippen molar-refractivity contribution in [1.82, 2.24) is 4.90 Å². The Morgan fingerprint density at radius 2 is 2.06 bits per heavy atom. The van der Waals surface area contributed by atoms with E-state index in [4.69, 9.17) is 11.5 Å². The molecule has 4 heteroatoms.